The van der Waals surface area contributed by atoms with Gasteiger partial charge in [-0.15, -0.1) is 0 Å². The number of aryl methyl sites for hydroxylation is 1. The van der Waals surface area contributed by atoms with Crippen LogP contribution in [0.2, 0.25) is 0 Å². The van der Waals surface area contributed by atoms with Crippen molar-refractivity contribution >= 4 is 11.8 Å². The van der Waals surface area contributed by atoms with Crippen molar-refractivity contribution in [2.75, 3.05) is 19.7 Å². The molecule has 0 fully saturated rings. The van der Waals surface area contributed by atoms with Crippen LogP contribution < -0.4 is 15.4 Å². The molecule has 0 heterocycles. The molecule has 5 heteroatoms. The van der Waals surface area contributed by atoms with E-state index in [1.54, 1.807) is 0 Å². The Hall–Kier alpha value is -2.04. The molecule has 5 nitrogen and oxygen atoms in total. The van der Waals surface area contributed by atoms with Crippen LogP contribution in [0.5, 0.6) is 5.75 Å². The second kappa shape index (κ2) is 8.96. The zero-order valence-corrected chi connectivity index (χ0v) is 12.1. The molecule has 0 saturated heterocycles. The maximum absolute atomic E-state index is 11.5. The highest BCUT2D eigenvalue weighted by Gasteiger charge is 2.05. The Kier molecular flexibility index (Phi) is 7.17. The lowest BCUT2D eigenvalue weighted by atomic mass is 10.2. The lowest BCUT2D eigenvalue weighted by Gasteiger charge is -2.08. The van der Waals surface area contributed by atoms with Crippen LogP contribution in [0.4, 0.5) is 0 Å². The summed E-state index contributed by atoms with van der Waals surface area (Å²) in [7, 11) is 0. The fourth-order valence-electron chi connectivity index (χ4n) is 1.53. The van der Waals surface area contributed by atoms with E-state index < -0.39 is 0 Å². The molecule has 1 aromatic rings. The topological polar surface area (TPSA) is 67.4 Å². The predicted molar refractivity (Wildman–Crippen MR) is 77.6 cm³/mol. The van der Waals surface area contributed by atoms with E-state index in [9.17, 15) is 9.59 Å². The number of rotatable bonds is 8. The summed E-state index contributed by atoms with van der Waals surface area (Å²) in [6, 6.07) is 7.59. The van der Waals surface area contributed by atoms with Gasteiger partial charge in [-0.25, -0.2) is 0 Å². The van der Waals surface area contributed by atoms with Crippen molar-refractivity contribution in [3.63, 3.8) is 0 Å². The normalized spacial score (nSPS) is 9.90. The van der Waals surface area contributed by atoms with Crippen LogP contribution in [-0.2, 0) is 16.0 Å². The van der Waals surface area contributed by atoms with Gasteiger partial charge in [0, 0.05) is 6.54 Å². The van der Waals surface area contributed by atoms with Gasteiger partial charge in [-0.1, -0.05) is 26.0 Å². The van der Waals surface area contributed by atoms with Gasteiger partial charge in [0.25, 0.3) is 5.91 Å². The average molecular weight is 278 g/mol. The first-order valence-electron chi connectivity index (χ1n) is 6.90. The summed E-state index contributed by atoms with van der Waals surface area (Å²) in [5.74, 6) is 0.150. The van der Waals surface area contributed by atoms with Gasteiger partial charge in [0.05, 0.1) is 6.54 Å². The molecule has 1 rings (SSSR count). The molecule has 0 atom stereocenters. The fourth-order valence-corrected chi connectivity index (χ4v) is 1.53. The van der Waals surface area contributed by atoms with E-state index in [0.29, 0.717) is 12.3 Å². The molecule has 2 amide bonds. The highest BCUT2D eigenvalue weighted by molar-refractivity contribution is 5.85. The lowest BCUT2D eigenvalue weighted by molar-refractivity contribution is -0.127. The minimum atomic E-state index is -0.309. The molecule has 0 bridgehead atoms. The van der Waals surface area contributed by atoms with Gasteiger partial charge in [-0.05, 0) is 30.5 Å². The van der Waals surface area contributed by atoms with E-state index >= 15 is 0 Å². The number of hydrogen-bond acceptors (Lipinski definition) is 3. The molecule has 0 spiro atoms. The fraction of sp³-hybridized carbons (Fsp3) is 0.467. The van der Waals surface area contributed by atoms with Crippen LogP contribution in [0.15, 0.2) is 24.3 Å². The largest absolute Gasteiger partial charge is 0.484 e. The number of carbonyl (C=O) groups excluding carboxylic acids is 2. The van der Waals surface area contributed by atoms with Crippen molar-refractivity contribution in [1.29, 1.82) is 0 Å². The summed E-state index contributed by atoms with van der Waals surface area (Å²) in [6.07, 6.45) is 1.84. The van der Waals surface area contributed by atoms with Crippen LogP contribution in [0, 0.1) is 0 Å². The Morgan fingerprint density at radius 3 is 2.35 bits per heavy atom. The third-order valence-electron chi connectivity index (χ3n) is 2.72. The minimum absolute atomic E-state index is 0.0169. The number of nitrogens with one attached hydrogen (secondary N) is 2. The zero-order valence-electron chi connectivity index (χ0n) is 12.1. The summed E-state index contributed by atoms with van der Waals surface area (Å²) in [6.45, 7) is 4.56. The molecule has 0 aromatic heterocycles. The van der Waals surface area contributed by atoms with Gasteiger partial charge in [0.15, 0.2) is 6.61 Å². The SMILES string of the molecule is CCCNC(=O)CNC(=O)COc1ccc(CC)cc1. The first-order valence-corrected chi connectivity index (χ1v) is 6.90. The van der Waals surface area contributed by atoms with Gasteiger partial charge in [-0.3, -0.25) is 9.59 Å². The van der Waals surface area contributed by atoms with Crippen LogP contribution >= 0.6 is 0 Å². The van der Waals surface area contributed by atoms with Crippen LogP contribution in [0.1, 0.15) is 25.8 Å². The maximum atomic E-state index is 11.5. The number of benzene rings is 1. The van der Waals surface area contributed by atoms with Crippen molar-refractivity contribution in [3.05, 3.63) is 29.8 Å². The summed E-state index contributed by atoms with van der Waals surface area (Å²) in [4.78, 5) is 22.8. The molecular formula is C15H22N2O3. The van der Waals surface area contributed by atoms with E-state index in [-0.39, 0.29) is 25.0 Å². The highest BCUT2D eigenvalue weighted by Crippen LogP contribution is 2.12. The van der Waals surface area contributed by atoms with Crippen molar-refractivity contribution in [2.24, 2.45) is 0 Å². The molecule has 0 radical (unpaired) electrons. The molecule has 0 unspecified atom stereocenters. The van der Waals surface area contributed by atoms with Crippen molar-refractivity contribution in [1.82, 2.24) is 10.6 Å². The van der Waals surface area contributed by atoms with Gasteiger partial charge in [0.2, 0.25) is 5.91 Å². The number of amides is 2. The molecule has 0 aliphatic heterocycles. The highest BCUT2D eigenvalue weighted by atomic mass is 16.5. The number of ether oxygens (including phenoxy) is 1. The third-order valence-corrected chi connectivity index (χ3v) is 2.72. The molecular weight excluding hydrogens is 256 g/mol. The zero-order chi connectivity index (χ0) is 14.8. The summed E-state index contributed by atoms with van der Waals surface area (Å²) in [5, 5.41) is 5.19. The van der Waals surface area contributed by atoms with Crippen molar-refractivity contribution < 1.29 is 14.3 Å². The van der Waals surface area contributed by atoms with Gasteiger partial charge < -0.3 is 15.4 Å². The molecule has 0 aliphatic carbocycles. The Morgan fingerprint density at radius 1 is 1.05 bits per heavy atom. The van der Waals surface area contributed by atoms with Gasteiger partial charge in [-0.2, -0.15) is 0 Å². The molecule has 2 N–H and O–H groups in total. The first kappa shape index (κ1) is 16.0. The number of hydrogen-bond donors (Lipinski definition) is 2. The molecule has 0 aliphatic rings. The van der Waals surface area contributed by atoms with E-state index in [0.717, 1.165) is 12.8 Å². The molecule has 1 aromatic carbocycles. The average Bonchev–Trinajstić information content (AvgIpc) is 2.49. The second-order valence-electron chi connectivity index (χ2n) is 4.41. The number of carbonyl (C=O) groups is 2. The summed E-state index contributed by atoms with van der Waals surface area (Å²) in [5.41, 5.74) is 1.22. The van der Waals surface area contributed by atoms with Crippen molar-refractivity contribution in [2.45, 2.75) is 26.7 Å². The van der Waals surface area contributed by atoms with Gasteiger partial charge >= 0.3 is 0 Å². The minimum Gasteiger partial charge on any atom is -0.484 e. The molecule has 110 valence electrons. The van der Waals surface area contributed by atoms with Gasteiger partial charge in [0.1, 0.15) is 5.75 Å². The molecule has 20 heavy (non-hydrogen) atoms. The van der Waals surface area contributed by atoms with Crippen LogP contribution in [0.3, 0.4) is 0 Å². The lowest BCUT2D eigenvalue weighted by Crippen LogP contribution is -2.39. The van der Waals surface area contributed by atoms with E-state index in [4.69, 9.17) is 4.74 Å². The predicted octanol–water partition coefficient (Wildman–Crippen LogP) is 1.27. The summed E-state index contributed by atoms with van der Waals surface area (Å²) < 4.78 is 5.34. The quantitative estimate of drug-likeness (QED) is 0.752. The monoisotopic (exact) mass is 278 g/mol. The standard InChI is InChI=1S/C15H22N2O3/c1-3-9-16-14(18)10-17-15(19)11-20-13-7-5-12(4-2)6-8-13/h5-8H,3-4,9-11H2,1-2H3,(H,16,18)(H,17,19). The van der Waals surface area contributed by atoms with Crippen molar-refractivity contribution in [3.8, 4) is 5.75 Å². The first-order chi connectivity index (χ1) is 9.65. The maximum Gasteiger partial charge on any atom is 0.258 e. The Morgan fingerprint density at radius 2 is 1.75 bits per heavy atom. The van der Waals surface area contributed by atoms with E-state index in [1.807, 2.05) is 31.2 Å². The Balaban J connectivity index is 2.23. The Labute approximate surface area is 119 Å². The Bertz CT molecular complexity index is 429. The van der Waals surface area contributed by atoms with Crippen LogP contribution in [0.25, 0.3) is 0 Å². The third kappa shape index (κ3) is 6.22. The second-order valence-corrected chi connectivity index (χ2v) is 4.41. The van der Waals surface area contributed by atoms with E-state index in [2.05, 4.69) is 17.6 Å². The smallest absolute Gasteiger partial charge is 0.258 e. The summed E-state index contributed by atoms with van der Waals surface area (Å²) >= 11 is 0. The van der Waals surface area contributed by atoms with Crippen LogP contribution in [-0.4, -0.2) is 31.5 Å². The van der Waals surface area contributed by atoms with E-state index in [1.165, 1.54) is 5.56 Å². The molecule has 0 saturated carbocycles.